The molecule has 0 bridgehead atoms. The summed E-state index contributed by atoms with van der Waals surface area (Å²) < 4.78 is 0. The number of aromatic nitrogens is 2. The Labute approximate surface area is 118 Å². The molecule has 1 aromatic heterocycles. The first-order valence-electron chi connectivity index (χ1n) is 6.77. The normalized spacial score (nSPS) is 12.5. The Bertz CT molecular complexity index is 487. The van der Waals surface area contributed by atoms with Crippen molar-refractivity contribution in [1.29, 1.82) is 0 Å². The lowest BCUT2D eigenvalue weighted by Gasteiger charge is -2.21. The van der Waals surface area contributed by atoms with Crippen LogP contribution in [0.2, 0.25) is 0 Å². The summed E-state index contributed by atoms with van der Waals surface area (Å²) in [5.41, 5.74) is 9.82. The number of hydrogen-bond acceptors (Lipinski definition) is 4. The number of nitrogens with one attached hydrogen (secondary N) is 2. The maximum absolute atomic E-state index is 12.2. The minimum Gasteiger partial charge on any atom is -0.305 e. The molecule has 0 aromatic carbocycles. The van der Waals surface area contributed by atoms with Crippen molar-refractivity contribution in [3.05, 3.63) is 27.9 Å². The molecule has 1 atom stereocenters. The molecule has 7 nitrogen and oxygen atoms in total. The molecule has 0 aliphatic rings. The molecule has 20 heavy (non-hydrogen) atoms. The second-order valence-electron chi connectivity index (χ2n) is 5.41. The van der Waals surface area contributed by atoms with E-state index >= 15 is 0 Å². The molecule has 7 heteroatoms. The Morgan fingerprint density at radius 3 is 2.75 bits per heavy atom. The van der Waals surface area contributed by atoms with Crippen molar-refractivity contribution in [1.82, 2.24) is 15.5 Å². The fourth-order valence-electron chi connectivity index (χ4n) is 1.97. The van der Waals surface area contributed by atoms with E-state index in [4.69, 9.17) is 5.53 Å². The third-order valence-electron chi connectivity index (χ3n) is 2.85. The average Bonchev–Trinajstić information content (AvgIpc) is 2.81. The van der Waals surface area contributed by atoms with Crippen LogP contribution in [0.5, 0.6) is 0 Å². The van der Waals surface area contributed by atoms with Gasteiger partial charge in [0.15, 0.2) is 5.78 Å². The number of azide groups is 1. The number of Topliss-reactive ketones (excluding diaryl/α,β-unsaturated/α-hetero) is 1. The predicted octanol–water partition coefficient (Wildman–Crippen LogP) is 2.35. The van der Waals surface area contributed by atoms with E-state index in [9.17, 15) is 4.79 Å². The number of nitrogens with zero attached hydrogens (tertiary/aromatic N) is 4. The van der Waals surface area contributed by atoms with Crippen LogP contribution in [0.3, 0.4) is 0 Å². The molecule has 2 N–H and O–H groups in total. The van der Waals surface area contributed by atoms with Gasteiger partial charge in [-0.3, -0.25) is 9.89 Å². The number of hydrogen-bond donors (Lipinski definition) is 2. The van der Waals surface area contributed by atoms with Gasteiger partial charge < -0.3 is 5.32 Å². The third-order valence-corrected chi connectivity index (χ3v) is 2.85. The second kappa shape index (κ2) is 7.67. The monoisotopic (exact) mass is 278 g/mol. The maximum Gasteiger partial charge on any atom is 0.152 e. The van der Waals surface area contributed by atoms with E-state index in [1.807, 2.05) is 33.8 Å². The summed E-state index contributed by atoms with van der Waals surface area (Å²) in [6.45, 7) is 8.05. The fourth-order valence-corrected chi connectivity index (χ4v) is 1.97. The summed E-state index contributed by atoms with van der Waals surface area (Å²) in [5.74, 6) is 0.168. The highest BCUT2D eigenvalue weighted by Crippen LogP contribution is 2.09. The molecule has 0 fully saturated rings. The number of aromatic amines is 1. The van der Waals surface area contributed by atoms with Gasteiger partial charge in [0.05, 0.1) is 18.3 Å². The Morgan fingerprint density at radius 2 is 2.20 bits per heavy atom. The largest absolute Gasteiger partial charge is 0.305 e. The Balaban J connectivity index is 2.75. The van der Waals surface area contributed by atoms with Gasteiger partial charge in [-0.2, -0.15) is 5.10 Å². The molecular formula is C13H22N6O. The van der Waals surface area contributed by atoms with Gasteiger partial charge in [-0.15, -0.1) is 0 Å². The molecule has 0 aliphatic carbocycles. The zero-order valence-electron chi connectivity index (χ0n) is 12.4. The molecule has 0 radical (unpaired) electrons. The van der Waals surface area contributed by atoms with Crippen molar-refractivity contribution >= 4 is 5.78 Å². The first-order valence-corrected chi connectivity index (χ1v) is 6.77. The summed E-state index contributed by atoms with van der Waals surface area (Å²) in [6, 6.07) is 1.83. The first kappa shape index (κ1) is 16.2. The highest BCUT2D eigenvalue weighted by Gasteiger charge is 2.22. The standard InChI is InChI=1S/C13H22N6O/c1-8(2)13(20)12(16-9(3)4)6-10-5-11(18-17-10)7-15-19-14/h5,8-9,12,16H,6-7H2,1-4H3,(H,17,18)/t12-/m0/s1. The van der Waals surface area contributed by atoms with Crippen LogP contribution < -0.4 is 5.32 Å². The smallest absolute Gasteiger partial charge is 0.152 e. The molecule has 1 rings (SSSR count). The van der Waals surface area contributed by atoms with E-state index in [0.717, 1.165) is 5.69 Å². The van der Waals surface area contributed by atoms with Crippen LogP contribution in [0.15, 0.2) is 11.2 Å². The second-order valence-corrected chi connectivity index (χ2v) is 5.41. The van der Waals surface area contributed by atoms with Gasteiger partial charge >= 0.3 is 0 Å². The van der Waals surface area contributed by atoms with Gasteiger partial charge in [0.1, 0.15) is 0 Å². The van der Waals surface area contributed by atoms with E-state index in [0.29, 0.717) is 12.1 Å². The van der Waals surface area contributed by atoms with Gasteiger partial charge in [0.25, 0.3) is 0 Å². The quantitative estimate of drug-likeness (QED) is 0.433. The molecule has 0 spiro atoms. The van der Waals surface area contributed by atoms with E-state index in [2.05, 4.69) is 25.5 Å². The maximum atomic E-state index is 12.2. The van der Waals surface area contributed by atoms with Crippen LogP contribution in [0.1, 0.15) is 39.1 Å². The van der Waals surface area contributed by atoms with Crippen LogP contribution >= 0.6 is 0 Å². The molecule has 0 amide bonds. The summed E-state index contributed by atoms with van der Waals surface area (Å²) in [6.07, 6.45) is 0.554. The summed E-state index contributed by atoms with van der Waals surface area (Å²) in [5, 5.41) is 13.7. The molecule has 110 valence electrons. The SMILES string of the molecule is CC(C)N[C@@H](Cc1cc(CN=[N+]=[N-])n[nH]1)C(=O)C(C)C. The highest BCUT2D eigenvalue weighted by molar-refractivity contribution is 5.86. The minimum absolute atomic E-state index is 0.0168. The molecule has 0 saturated heterocycles. The van der Waals surface area contributed by atoms with E-state index in [1.54, 1.807) is 0 Å². The number of carbonyl (C=O) groups is 1. The lowest BCUT2D eigenvalue weighted by atomic mass is 9.97. The van der Waals surface area contributed by atoms with Crippen molar-refractivity contribution in [3.8, 4) is 0 Å². The summed E-state index contributed by atoms with van der Waals surface area (Å²) >= 11 is 0. The lowest BCUT2D eigenvalue weighted by molar-refractivity contribution is -0.124. The third kappa shape index (κ3) is 5.03. The van der Waals surface area contributed by atoms with E-state index in [1.165, 1.54) is 0 Å². The Hall–Kier alpha value is -1.85. The van der Waals surface area contributed by atoms with Gasteiger partial charge in [0, 0.05) is 29.0 Å². The fraction of sp³-hybridized carbons (Fsp3) is 0.692. The zero-order valence-corrected chi connectivity index (χ0v) is 12.4. The molecule has 0 unspecified atom stereocenters. The van der Waals surface area contributed by atoms with Crippen LogP contribution in [0.4, 0.5) is 0 Å². The van der Waals surface area contributed by atoms with E-state index < -0.39 is 0 Å². The molecule has 1 aromatic rings. The number of H-pyrrole nitrogens is 1. The number of rotatable bonds is 8. The average molecular weight is 278 g/mol. The molecule has 0 saturated carbocycles. The summed E-state index contributed by atoms with van der Waals surface area (Å²) in [7, 11) is 0. The Kier molecular flexibility index (Phi) is 6.21. The number of carbonyl (C=O) groups excluding carboxylic acids is 1. The summed E-state index contributed by atoms with van der Waals surface area (Å²) in [4.78, 5) is 14.9. The topological polar surface area (TPSA) is 107 Å². The lowest BCUT2D eigenvalue weighted by Crippen LogP contribution is -2.44. The predicted molar refractivity (Wildman–Crippen MR) is 77.0 cm³/mol. The van der Waals surface area contributed by atoms with Crippen LogP contribution in [-0.4, -0.2) is 28.1 Å². The van der Waals surface area contributed by atoms with Crippen molar-refractivity contribution in [2.75, 3.05) is 0 Å². The van der Waals surface area contributed by atoms with Crippen molar-refractivity contribution in [2.24, 2.45) is 11.0 Å². The van der Waals surface area contributed by atoms with E-state index in [-0.39, 0.29) is 30.3 Å². The Morgan fingerprint density at radius 1 is 1.50 bits per heavy atom. The van der Waals surface area contributed by atoms with Gasteiger partial charge in [-0.25, -0.2) is 0 Å². The molecule has 1 heterocycles. The van der Waals surface area contributed by atoms with Gasteiger partial charge in [-0.05, 0) is 11.6 Å². The number of ketones is 1. The van der Waals surface area contributed by atoms with Crippen molar-refractivity contribution in [2.45, 2.75) is 52.7 Å². The van der Waals surface area contributed by atoms with Crippen LogP contribution in [0.25, 0.3) is 10.4 Å². The van der Waals surface area contributed by atoms with Crippen LogP contribution in [0, 0.1) is 5.92 Å². The minimum atomic E-state index is -0.234. The van der Waals surface area contributed by atoms with Gasteiger partial charge in [-0.1, -0.05) is 32.8 Å². The van der Waals surface area contributed by atoms with Crippen molar-refractivity contribution < 1.29 is 4.79 Å². The van der Waals surface area contributed by atoms with Crippen LogP contribution in [-0.2, 0) is 17.8 Å². The first-order chi connectivity index (χ1) is 9.43. The zero-order chi connectivity index (χ0) is 15.1. The highest BCUT2D eigenvalue weighted by atomic mass is 16.1. The van der Waals surface area contributed by atoms with Crippen molar-refractivity contribution in [3.63, 3.8) is 0 Å². The van der Waals surface area contributed by atoms with Gasteiger partial charge in [0.2, 0.25) is 0 Å². The molecule has 0 aliphatic heterocycles. The molecular weight excluding hydrogens is 256 g/mol.